The minimum absolute atomic E-state index is 0.272. The van der Waals surface area contributed by atoms with Crippen LogP contribution in [0.2, 0.25) is 5.02 Å². The van der Waals surface area contributed by atoms with Crippen LogP contribution in [0.15, 0.2) is 36.5 Å². The minimum Gasteiger partial charge on any atom is -0.375 e. The molecule has 0 spiro atoms. The lowest BCUT2D eigenvalue weighted by atomic mass is 10.2. The van der Waals surface area contributed by atoms with Gasteiger partial charge in [0.15, 0.2) is 5.11 Å². The Morgan fingerprint density at radius 1 is 1.39 bits per heavy atom. The second-order valence-electron chi connectivity index (χ2n) is 4.07. The number of halogens is 1. The van der Waals surface area contributed by atoms with Crippen molar-refractivity contribution in [2.45, 2.75) is 0 Å². The summed E-state index contributed by atoms with van der Waals surface area (Å²) in [6, 6.07) is 7.75. The van der Waals surface area contributed by atoms with E-state index in [4.69, 9.17) is 29.6 Å². The van der Waals surface area contributed by atoms with Gasteiger partial charge in [-0.25, -0.2) is 5.01 Å². The summed E-state index contributed by atoms with van der Waals surface area (Å²) >= 11 is 11.0. The zero-order valence-electron chi connectivity index (χ0n) is 9.90. The SMILES string of the molecule is C=C1CN(NC(N)=S)CCN1c1ccccc1Cl. The van der Waals surface area contributed by atoms with Crippen LogP contribution in [0.4, 0.5) is 5.69 Å². The minimum atomic E-state index is 0.272. The Kier molecular flexibility index (Phi) is 4.06. The third-order valence-corrected chi connectivity index (χ3v) is 3.17. The number of nitrogens with one attached hydrogen (secondary N) is 1. The van der Waals surface area contributed by atoms with E-state index in [0.29, 0.717) is 6.54 Å². The Labute approximate surface area is 117 Å². The topological polar surface area (TPSA) is 44.5 Å². The van der Waals surface area contributed by atoms with Crippen LogP contribution in [0, 0.1) is 0 Å². The zero-order chi connectivity index (χ0) is 13.1. The van der Waals surface area contributed by atoms with Crippen LogP contribution in [-0.4, -0.2) is 29.8 Å². The van der Waals surface area contributed by atoms with Gasteiger partial charge in [0.1, 0.15) is 0 Å². The first-order valence-corrected chi connectivity index (χ1v) is 6.37. The Balaban J connectivity index is 2.08. The molecule has 4 nitrogen and oxygen atoms in total. The molecule has 0 radical (unpaired) electrons. The van der Waals surface area contributed by atoms with Crippen molar-refractivity contribution in [3.05, 3.63) is 41.6 Å². The van der Waals surface area contributed by atoms with Crippen molar-refractivity contribution in [2.24, 2.45) is 5.73 Å². The van der Waals surface area contributed by atoms with Crippen molar-refractivity contribution >= 4 is 34.6 Å². The molecule has 1 aliphatic heterocycles. The van der Waals surface area contributed by atoms with Crippen LogP contribution in [0.5, 0.6) is 0 Å². The summed E-state index contributed by atoms with van der Waals surface area (Å²) in [7, 11) is 0. The number of thiocarbonyl (C=S) groups is 1. The van der Waals surface area contributed by atoms with Crippen LogP contribution in [0.1, 0.15) is 0 Å². The van der Waals surface area contributed by atoms with Crippen LogP contribution in [-0.2, 0) is 0 Å². The number of anilines is 1. The summed E-state index contributed by atoms with van der Waals surface area (Å²) in [5.41, 5.74) is 10.3. The predicted molar refractivity (Wildman–Crippen MR) is 79.4 cm³/mol. The lowest BCUT2D eigenvalue weighted by Gasteiger charge is -2.38. The Morgan fingerprint density at radius 3 is 2.72 bits per heavy atom. The highest BCUT2D eigenvalue weighted by Gasteiger charge is 2.22. The summed E-state index contributed by atoms with van der Waals surface area (Å²) in [4.78, 5) is 2.11. The van der Waals surface area contributed by atoms with Crippen LogP contribution < -0.4 is 16.1 Å². The zero-order valence-corrected chi connectivity index (χ0v) is 11.5. The molecule has 0 aromatic heterocycles. The maximum Gasteiger partial charge on any atom is 0.178 e. The smallest absolute Gasteiger partial charge is 0.178 e. The molecule has 1 aromatic rings. The summed E-state index contributed by atoms with van der Waals surface area (Å²) < 4.78 is 0. The van der Waals surface area contributed by atoms with E-state index in [1.807, 2.05) is 29.3 Å². The maximum absolute atomic E-state index is 6.19. The first kappa shape index (κ1) is 13.1. The molecule has 18 heavy (non-hydrogen) atoms. The number of para-hydroxylation sites is 1. The lowest BCUT2D eigenvalue weighted by Crippen LogP contribution is -2.53. The number of benzene rings is 1. The van der Waals surface area contributed by atoms with E-state index >= 15 is 0 Å². The summed E-state index contributed by atoms with van der Waals surface area (Å²) in [5.74, 6) is 0. The predicted octanol–water partition coefficient (Wildman–Crippen LogP) is 1.72. The Morgan fingerprint density at radius 2 is 2.11 bits per heavy atom. The number of hydrogen-bond donors (Lipinski definition) is 2. The van der Waals surface area contributed by atoms with E-state index in [1.165, 1.54) is 0 Å². The molecular formula is C12H15ClN4S. The van der Waals surface area contributed by atoms with Crippen LogP contribution in [0.25, 0.3) is 0 Å². The van der Waals surface area contributed by atoms with Crippen LogP contribution >= 0.6 is 23.8 Å². The molecule has 2 rings (SSSR count). The quantitative estimate of drug-likeness (QED) is 0.809. The fourth-order valence-corrected chi connectivity index (χ4v) is 2.34. The third kappa shape index (κ3) is 2.93. The monoisotopic (exact) mass is 282 g/mol. The second-order valence-corrected chi connectivity index (χ2v) is 4.91. The van der Waals surface area contributed by atoms with E-state index in [0.717, 1.165) is 29.5 Å². The van der Waals surface area contributed by atoms with Gasteiger partial charge in [0.2, 0.25) is 0 Å². The summed E-state index contributed by atoms with van der Waals surface area (Å²) in [5, 5.41) is 2.95. The van der Waals surface area contributed by atoms with E-state index in [2.05, 4.69) is 16.9 Å². The Bertz CT molecular complexity index is 477. The van der Waals surface area contributed by atoms with Gasteiger partial charge in [-0.15, -0.1) is 0 Å². The normalized spacial score (nSPS) is 16.7. The summed E-state index contributed by atoms with van der Waals surface area (Å²) in [6.45, 7) is 6.31. The Hall–Kier alpha value is -1.30. The molecule has 96 valence electrons. The molecule has 3 N–H and O–H groups in total. The number of hydrazine groups is 1. The molecule has 0 unspecified atom stereocenters. The molecule has 0 atom stereocenters. The van der Waals surface area contributed by atoms with Gasteiger partial charge >= 0.3 is 0 Å². The van der Waals surface area contributed by atoms with Crippen LogP contribution in [0.3, 0.4) is 0 Å². The van der Waals surface area contributed by atoms with E-state index < -0.39 is 0 Å². The average molecular weight is 283 g/mol. The third-order valence-electron chi connectivity index (χ3n) is 2.76. The molecular weight excluding hydrogens is 268 g/mol. The van der Waals surface area contributed by atoms with E-state index in [1.54, 1.807) is 0 Å². The lowest BCUT2D eigenvalue weighted by molar-refractivity contribution is 0.242. The first-order valence-electron chi connectivity index (χ1n) is 5.59. The van der Waals surface area contributed by atoms with Gasteiger partial charge in [0, 0.05) is 18.8 Å². The number of nitrogens with zero attached hydrogens (tertiary/aromatic N) is 2. The standard InChI is InChI=1S/C12H15ClN4S/c1-9-8-16(15-12(14)18)6-7-17(9)11-5-3-2-4-10(11)13/h2-5H,1,6-8H2,(H3,14,15,18). The van der Waals surface area contributed by atoms with Gasteiger partial charge in [0.05, 0.1) is 17.3 Å². The van der Waals surface area contributed by atoms with Gasteiger partial charge < -0.3 is 10.6 Å². The van der Waals surface area contributed by atoms with E-state index in [9.17, 15) is 0 Å². The molecule has 0 aliphatic carbocycles. The maximum atomic E-state index is 6.19. The molecule has 0 bridgehead atoms. The van der Waals surface area contributed by atoms with Crippen molar-refractivity contribution in [1.82, 2.24) is 10.4 Å². The van der Waals surface area contributed by atoms with Gasteiger partial charge in [-0.3, -0.25) is 5.43 Å². The molecule has 1 fully saturated rings. The highest BCUT2D eigenvalue weighted by molar-refractivity contribution is 7.80. The summed E-state index contributed by atoms with van der Waals surface area (Å²) in [6.07, 6.45) is 0. The highest BCUT2D eigenvalue weighted by atomic mass is 35.5. The fraction of sp³-hybridized carbons (Fsp3) is 0.250. The van der Waals surface area contributed by atoms with Gasteiger partial charge in [-0.05, 0) is 24.4 Å². The van der Waals surface area contributed by atoms with Gasteiger partial charge in [-0.2, -0.15) is 0 Å². The van der Waals surface area contributed by atoms with Crippen molar-refractivity contribution < 1.29 is 0 Å². The second kappa shape index (κ2) is 5.56. The highest BCUT2D eigenvalue weighted by Crippen LogP contribution is 2.28. The van der Waals surface area contributed by atoms with E-state index in [-0.39, 0.29) is 5.11 Å². The van der Waals surface area contributed by atoms with Crippen molar-refractivity contribution in [2.75, 3.05) is 24.5 Å². The van der Waals surface area contributed by atoms with Gasteiger partial charge in [-0.1, -0.05) is 30.3 Å². The first-order chi connectivity index (χ1) is 8.58. The average Bonchev–Trinajstić information content (AvgIpc) is 2.30. The molecule has 0 amide bonds. The van der Waals surface area contributed by atoms with Crippen molar-refractivity contribution in [1.29, 1.82) is 0 Å². The van der Waals surface area contributed by atoms with Crippen molar-refractivity contribution in [3.63, 3.8) is 0 Å². The number of piperazine rings is 1. The molecule has 6 heteroatoms. The number of rotatable bonds is 2. The van der Waals surface area contributed by atoms with Crippen molar-refractivity contribution in [3.8, 4) is 0 Å². The molecule has 0 saturated carbocycles. The molecule has 1 aromatic carbocycles. The number of hydrogen-bond acceptors (Lipinski definition) is 3. The number of nitrogens with two attached hydrogens (primary N) is 1. The van der Waals surface area contributed by atoms with Gasteiger partial charge in [0.25, 0.3) is 0 Å². The largest absolute Gasteiger partial charge is 0.375 e. The molecule has 1 heterocycles. The fourth-order valence-electron chi connectivity index (χ4n) is 1.98. The molecule has 1 saturated heterocycles. The molecule has 1 aliphatic rings.